The van der Waals surface area contributed by atoms with Gasteiger partial charge < -0.3 is 14.8 Å². The first kappa shape index (κ1) is 16.8. The van der Waals surface area contributed by atoms with Crippen molar-refractivity contribution in [3.63, 3.8) is 0 Å². The van der Waals surface area contributed by atoms with E-state index in [1.54, 1.807) is 7.11 Å². The highest BCUT2D eigenvalue weighted by Gasteiger charge is 2.39. The summed E-state index contributed by atoms with van der Waals surface area (Å²) in [5.74, 6) is 2.20. The molecule has 0 radical (unpaired) electrons. The average molecular weight is 330 g/mol. The maximum atomic E-state index is 11.4. The van der Waals surface area contributed by atoms with Gasteiger partial charge in [0.2, 0.25) is 5.91 Å². The van der Waals surface area contributed by atoms with Gasteiger partial charge in [0.25, 0.3) is 0 Å². The van der Waals surface area contributed by atoms with Crippen molar-refractivity contribution in [1.82, 2.24) is 10.2 Å². The van der Waals surface area contributed by atoms with Crippen LogP contribution in [0.2, 0.25) is 0 Å². The Bertz CT molecular complexity index is 621. The molecule has 1 amide bonds. The van der Waals surface area contributed by atoms with Crippen molar-refractivity contribution in [1.29, 1.82) is 0 Å². The first-order valence-electron chi connectivity index (χ1n) is 8.50. The molecule has 1 aromatic rings. The van der Waals surface area contributed by atoms with Crippen LogP contribution < -0.4 is 14.8 Å². The van der Waals surface area contributed by atoms with Gasteiger partial charge in [0.15, 0.2) is 11.5 Å². The standard InChI is InChI=1S/C19H26N2O3/c1-13(2)6-7-24-17-5-4-14(8-18(17)23-3)10-21-11-15-9-19(22)20-16(15)12-21/h4-6,8,15-16H,7,9-12H2,1-3H3,(H,20,22)/t15-,16+/m0/s1. The lowest BCUT2D eigenvalue weighted by atomic mass is 10.1. The number of rotatable bonds is 6. The Morgan fingerprint density at radius 2 is 2.17 bits per heavy atom. The van der Waals surface area contributed by atoms with Gasteiger partial charge in [-0.15, -0.1) is 0 Å². The van der Waals surface area contributed by atoms with E-state index in [9.17, 15) is 4.79 Å². The normalized spacial score (nSPS) is 22.9. The molecule has 1 N–H and O–H groups in total. The molecule has 2 aliphatic heterocycles. The minimum absolute atomic E-state index is 0.198. The average Bonchev–Trinajstić information content (AvgIpc) is 3.04. The number of ether oxygens (including phenoxy) is 2. The van der Waals surface area contributed by atoms with Crippen molar-refractivity contribution in [3.8, 4) is 11.5 Å². The lowest BCUT2D eigenvalue weighted by Gasteiger charge is -2.18. The van der Waals surface area contributed by atoms with Gasteiger partial charge in [-0.1, -0.05) is 11.6 Å². The molecule has 0 unspecified atom stereocenters. The summed E-state index contributed by atoms with van der Waals surface area (Å²) in [6.45, 7) is 7.43. The van der Waals surface area contributed by atoms with Gasteiger partial charge in [-0.2, -0.15) is 0 Å². The number of carbonyl (C=O) groups excluding carboxylic acids is 1. The molecular formula is C19H26N2O3. The van der Waals surface area contributed by atoms with Gasteiger partial charge in [0, 0.05) is 38.0 Å². The summed E-state index contributed by atoms with van der Waals surface area (Å²) in [5.41, 5.74) is 2.44. The Hall–Kier alpha value is -2.01. The summed E-state index contributed by atoms with van der Waals surface area (Å²) in [4.78, 5) is 13.8. The monoisotopic (exact) mass is 330 g/mol. The van der Waals surface area contributed by atoms with E-state index >= 15 is 0 Å². The summed E-state index contributed by atoms with van der Waals surface area (Å²) in [5, 5.41) is 3.06. The SMILES string of the molecule is COc1cc(CN2C[C@@H]3CC(=O)N[C@@H]3C2)ccc1OCC=C(C)C. The summed E-state index contributed by atoms with van der Waals surface area (Å²) < 4.78 is 11.2. The van der Waals surface area contributed by atoms with Crippen LogP contribution in [0.3, 0.4) is 0 Å². The molecule has 0 spiro atoms. The highest BCUT2D eigenvalue weighted by molar-refractivity contribution is 5.79. The molecule has 0 saturated carbocycles. The molecule has 130 valence electrons. The topological polar surface area (TPSA) is 50.8 Å². The Balaban J connectivity index is 1.60. The molecule has 2 heterocycles. The van der Waals surface area contributed by atoms with E-state index < -0.39 is 0 Å². The Morgan fingerprint density at radius 1 is 1.33 bits per heavy atom. The fraction of sp³-hybridized carbons (Fsp3) is 0.526. The van der Waals surface area contributed by atoms with Crippen LogP contribution in [-0.4, -0.2) is 43.7 Å². The van der Waals surface area contributed by atoms with E-state index in [0.29, 0.717) is 25.0 Å². The van der Waals surface area contributed by atoms with Crippen LogP contribution in [0.1, 0.15) is 25.8 Å². The van der Waals surface area contributed by atoms with Crippen molar-refractivity contribution in [2.45, 2.75) is 32.9 Å². The maximum Gasteiger partial charge on any atom is 0.220 e. The molecule has 3 rings (SSSR count). The summed E-state index contributed by atoms with van der Waals surface area (Å²) >= 11 is 0. The predicted molar refractivity (Wildman–Crippen MR) is 93.2 cm³/mol. The first-order valence-corrected chi connectivity index (χ1v) is 8.50. The molecule has 2 saturated heterocycles. The number of amides is 1. The highest BCUT2D eigenvalue weighted by Crippen LogP contribution is 2.31. The molecule has 1 aromatic carbocycles. The van der Waals surface area contributed by atoms with Gasteiger partial charge in [0.05, 0.1) is 7.11 Å². The second-order valence-corrected chi connectivity index (χ2v) is 6.91. The van der Waals surface area contributed by atoms with Crippen LogP contribution in [0.15, 0.2) is 29.8 Å². The fourth-order valence-electron chi connectivity index (χ4n) is 3.45. The molecule has 2 aliphatic rings. The summed E-state index contributed by atoms with van der Waals surface area (Å²) in [7, 11) is 1.67. The van der Waals surface area contributed by atoms with Crippen molar-refractivity contribution in [3.05, 3.63) is 35.4 Å². The van der Waals surface area contributed by atoms with Crippen molar-refractivity contribution < 1.29 is 14.3 Å². The van der Waals surface area contributed by atoms with E-state index in [-0.39, 0.29) is 5.91 Å². The quantitative estimate of drug-likeness (QED) is 0.814. The molecule has 0 bridgehead atoms. The number of allylic oxidation sites excluding steroid dienone is 1. The van der Waals surface area contributed by atoms with Crippen LogP contribution in [0.25, 0.3) is 0 Å². The number of carbonyl (C=O) groups is 1. The van der Waals surface area contributed by atoms with Crippen molar-refractivity contribution in [2.24, 2.45) is 5.92 Å². The Morgan fingerprint density at radius 3 is 2.88 bits per heavy atom. The molecule has 5 nitrogen and oxygen atoms in total. The smallest absolute Gasteiger partial charge is 0.220 e. The van der Waals surface area contributed by atoms with E-state index in [1.807, 2.05) is 18.2 Å². The molecule has 0 aromatic heterocycles. The van der Waals surface area contributed by atoms with Gasteiger partial charge >= 0.3 is 0 Å². The van der Waals surface area contributed by atoms with Crippen molar-refractivity contribution in [2.75, 3.05) is 26.8 Å². The van der Waals surface area contributed by atoms with Crippen LogP contribution >= 0.6 is 0 Å². The fourth-order valence-corrected chi connectivity index (χ4v) is 3.45. The van der Waals surface area contributed by atoms with Crippen LogP contribution in [0, 0.1) is 5.92 Å². The number of hydrogen-bond donors (Lipinski definition) is 1. The third-order valence-corrected chi connectivity index (χ3v) is 4.68. The summed E-state index contributed by atoms with van der Waals surface area (Å²) in [6, 6.07) is 6.44. The zero-order chi connectivity index (χ0) is 17.1. The number of fused-ring (bicyclic) bond motifs is 1. The van der Waals surface area contributed by atoms with E-state index in [4.69, 9.17) is 9.47 Å². The van der Waals surface area contributed by atoms with Crippen LogP contribution in [-0.2, 0) is 11.3 Å². The molecule has 2 fully saturated rings. The van der Waals surface area contributed by atoms with E-state index in [1.165, 1.54) is 11.1 Å². The third-order valence-electron chi connectivity index (χ3n) is 4.68. The number of nitrogens with one attached hydrogen (secondary N) is 1. The molecule has 2 atom stereocenters. The Kier molecular flexibility index (Phi) is 5.09. The zero-order valence-electron chi connectivity index (χ0n) is 14.7. The number of hydrogen-bond acceptors (Lipinski definition) is 4. The third kappa shape index (κ3) is 3.90. The van der Waals surface area contributed by atoms with Gasteiger partial charge in [-0.05, 0) is 37.6 Å². The minimum Gasteiger partial charge on any atom is -0.493 e. The number of nitrogens with zero attached hydrogens (tertiary/aromatic N) is 1. The van der Waals surface area contributed by atoms with Crippen molar-refractivity contribution >= 4 is 5.91 Å². The van der Waals surface area contributed by atoms with E-state index in [2.05, 4.69) is 30.1 Å². The molecular weight excluding hydrogens is 304 g/mol. The predicted octanol–water partition coefficient (Wildman–Crippen LogP) is 2.36. The Labute approximate surface area is 143 Å². The van der Waals surface area contributed by atoms with Crippen LogP contribution in [0.4, 0.5) is 0 Å². The zero-order valence-corrected chi connectivity index (χ0v) is 14.7. The number of benzene rings is 1. The molecule has 5 heteroatoms. The molecule has 0 aliphatic carbocycles. The van der Waals surface area contributed by atoms with Gasteiger partial charge in [0.1, 0.15) is 6.61 Å². The lowest BCUT2D eigenvalue weighted by Crippen LogP contribution is -2.32. The van der Waals surface area contributed by atoms with Gasteiger partial charge in [-0.3, -0.25) is 9.69 Å². The minimum atomic E-state index is 0.198. The second kappa shape index (κ2) is 7.26. The second-order valence-electron chi connectivity index (χ2n) is 6.91. The van der Waals surface area contributed by atoms with Crippen LogP contribution in [0.5, 0.6) is 11.5 Å². The number of methoxy groups -OCH3 is 1. The first-order chi connectivity index (χ1) is 11.5. The highest BCUT2D eigenvalue weighted by atomic mass is 16.5. The number of likely N-dealkylation sites (tertiary alicyclic amines) is 1. The lowest BCUT2D eigenvalue weighted by molar-refractivity contribution is -0.119. The largest absolute Gasteiger partial charge is 0.493 e. The maximum absolute atomic E-state index is 11.4. The summed E-state index contributed by atoms with van der Waals surface area (Å²) in [6.07, 6.45) is 2.71. The molecule has 24 heavy (non-hydrogen) atoms. The van der Waals surface area contributed by atoms with Gasteiger partial charge in [-0.25, -0.2) is 0 Å². The van der Waals surface area contributed by atoms with E-state index in [0.717, 1.165) is 31.1 Å².